The molecule has 6 nitrogen and oxygen atoms in total. The molecule has 0 amide bonds. The van der Waals surface area contributed by atoms with Gasteiger partial charge in [-0.15, -0.1) is 11.4 Å². The summed E-state index contributed by atoms with van der Waals surface area (Å²) < 4.78 is 0. The maximum atomic E-state index is 8.41. The largest absolute Gasteiger partial charge is 2.00 e. The molecule has 0 saturated carbocycles. The van der Waals surface area contributed by atoms with Crippen LogP contribution in [0.2, 0.25) is 0 Å². The van der Waals surface area contributed by atoms with Gasteiger partial charge in [0.2, 0.25) is 0 Å². The molecule has 416 valence electrons. The maximum Gasteiger partial charge on any atom is 2.00 e. The average molecular weight is 1170 g/mol. The molecular weight excluding hydrogens is 1080 g/mol. The molecular formula is C72H94N6Zn2. The Morgan fingerprint density at radius 2 is 0.537 bits per heavy atom. The Labute approximate surface area is 512 Å². The van der Waals surface area contributed by atoms with E-state index in [1.54, 1.807) is 0 Å². The number of para-hydroxylation sites is 4. The molecule has 0 radical (unpaired) electrons. The van der Waals surface area contributed by atoms with Crippen LogP contribution in [0.3, 0.4) is 0 Å². The smallest absolute Gasteiger partial charge is 0.810 e. The predicted octanol–water partition coefficient (Wildman–Crippen LogP) is 23.1. The van der Waals surface area contributed by atoms with Crippen molar-refractivity contribution in [3.8, 4) is 0 Å². The first-order chi connectivity index (χ1) is 36.9. The van der Waals surface area contributed by atoms with Crippen LogP contribution in [0.4, 0.5) is 22.7 Å². The number of aliphatic imine (C=N–C) groups is 2. The first kappa shape index (κ1) is 72.3. The van der Waals surface area contributed by atoms with Gasteiger partial charge in [0.25, 0.3) is 0 Å². The van der Waals surface area contributed by atoms with Crippen LogP contribution in [0.5, 0.6) is 0 Å². The van der Waals surface area contributed by atoms with Gasteiger partial charge in [-0.2, -0.15) is 23.8 Å². The van der Waals surface area contributed by atoms with Gasteiger partial charge in [-0.25, -0.2) is 0 Å². The molecule has 0 bridgehead atoms. The van der Waals surface area contributed by atoms with Gasteiger partial charge in [-0.1, -0.05) is 292 Å². The van der Waals surface area contributed by atoms with Crippen molar-refractivity contribution >= 4 is 46.6 Å². The number of hydrogen-bond acceptors (Lipinski definition) is 2. The topological polar surface area (TPSA) is 97.5 Å². The first-order valence-electron chi connectivity index (χ1n) is 28.4. The van der Waals surface area contributed by atoms with E-state index in [2.05, 4.69) is 223 Å². The van der Waals surface area contributed by atoms with Crippen molar-refractivity contribution in [2.45, 2.75) is 186 Å². The number of allylic oxidation sites excluding steroid dienone is 4. The Kier molecular flexibility index (Phi) is 33.1. The van der Waals surface area contributed by atoms with Crippen LogP contribution >= 0.6 is 0 Å². The monoisotopic (exact) mass is 1170 g/mol. The summed E-state index contributed by atoms with van der Waals surface area (Å²) in [5.41, 5.74) is 20.6. The van der Waals surface area contributed by atoms with E-state index in [-0.39, 0.29) is 39.0 Å². The fourth-order valence-electron chi connectivity index (χ4n) is 9.08. The van der Waals surface area contributed by atoms with E-state index in [0.29, 0.717) is 47.3 Å². The van der Waals surface area contributed by atoms with Crippen molar-refractivity contribution in [1.29, 1.82) is 0 Å². The first-order valence-corrected chi connectivity index (χ1v) is 28.4. The zero-order valence-electron chi connectivity index (χ0n) is 52.7. The van der Waals surface area contributed by atoms with Crippen LogP contribution in [-0.4, -0.2) is 23.9 Å². The van der Waals surface area contributed by atoms with E-state index in [1.165, 1.54) is 44.5 Å². The molecule has 0 aromatic heterocycles. The van der Waals surface area contributed by atoms with Crippen molar-refractivity contribution < 1.29 is 39.0 Å². The van der Waals surface area contributed by atoms with Crippen LogP contribution in [0, 0.1) is 0 Å². The minimum Gasteiger partial charge on any atom is -0.810 e. The second kappa shape index (κ2) is 36.6. The molecule has 0 saturated heterocycles. The third-order valence-electron chi connectivity index (χ3n) is 13.3. The third kappa shape index (κ3) is 23.1. The second-order valence-electron chi connectivity index (χ2n) is 22.8. The Morgan fingerprint density at radius 1 is 0.325 bits per heavy atom. The Hall–Kier alpha value is -5.67. The zero-order valence-corrected chi connectivity index (χ0v) is 58.7. The van der Waals surface area contributed by atoms with Gasteiger partial charge >= 0.3 is 39.0 Å². The van der Waals surface area contributed by atoms with E-state index in [1.807, 2.05) is 60.7 Å². The van der Waals surface area contributed by atoms with Crippen molar-refractivity contribution in [3.05, 3.63) is 234 Å². The number of rotatable bonds is 18. The fourth-order valence-corrected chi connectivity index (χ4v) is 9.08. The molecule has 0 fully saturated rings. The summed E-state index contributed by atoms with van der Waals surface area (Å²) in [5.74, 6) is 3.49. The van der Waals surface area contributed by atoms with Gasteiger partial charge in [0, 0.05) is 11.4 Å². The standard InChI is InChI=1S/2C29H41N2.2C7H6N.2Zn/c2*1-18(2)24-13-11-14-25(19(3)4)28(24)30-22(9)17-23(10)31-29-26(20(5)6)15-12-16-27(29)21(7)8;2*8-6-7-4-2-1-3-5-7;;/h2*11-21H,1-10H3;2*1-6H;;/q4*-1;2*+2/b2*22-17-,31-23?;;;;. The summed E-state index contributed by atoms with van der Waals surface area (Å²) in [4.78, 5) is 10.2. The molecule has 80 heavy (non-hydrogen) atoms. The van der Waals surface area contributed by atoms with Gasteiger partial charge in [-0.05, 0) is 94.6 Å². The Morgan fingerprint density at radius 3 is 0.725 bits per heavy atom. The van der Waals surface area contributed by atoms with Crippen molar-refractivity contribution in [1.82, 2.24) is 0 Å². The van der Waals surface area contributed by atoms with E-state index >= 15 is 0 Å². The number of nitrogens with zero attached hydrogens (tertiary/aromatic N) is 6. The molecule has 0 unspecified atom stereocenters. The van der Waals surface area contributed by atoms with Crippen LogP contribution in [-0.2, 0) is 39.0 Å². The predicted molar refractivity (Wildman–Crippen MR) is 348 cm³/mol. The minimum atomic E-state index is 0. The summed E-state index contributed by atoms with van der Waals surface area (Å²) in [5, 5.41) is 27.0. The van der Waals surface area contributed by atoms with Gasteiger partial charge in [0.15, 0.2) is 0 Å². The Balaban J connectivity index is 0.000000611. The summed E-state index contributed by atoms with van der Waals surface area (Å²) in [6.45, 7) is 44.1. The van der Waals surface area contributed by atoms with Gasteiger partial charge in [-0.3, -0.25) is 9.98 Å². The average Bonchev–Trinajstić information content (AvgIpc) is 3.39. The number of hydrogen-bond donors (Lipinski definition) is 0. The summed E-state index contributed by atoms with van der Waals surface area (Å²) in [6.07, 6.45) is 6.39. The molecule has 0 N–H and O–H groups in total. The van der Waals surface area contributed by atoms with E-state index in [9.17, 15) is 0 Å². The molecule has 0 atom stereocenters. The van der Waals surface area contributed by atoms with Crippen LogP contribution < -0.4 is 0 Å². The molecule has 6 aromatic rings. The van der Waals surface area contributed by atoms with Crippen molar-refractivity contribution in [3.63, 3.8) is 0 Å². The molecule has 0 aliphatic heterocycles. The van der Waals surface area contributed by atoms with Gasteiger partial charge in [0.1, 0.15) is 0 Å². The summed E-state index contributed by atoms with van der Waals surface area (Å²) in [6, 6.07) is 44.9. The van der Waals surface area contributed by atoms with Crippen LogP contribution in [0.1, 0.15) is 241 Å². The molecule has 0 aliphatic rings. The van der Waals surface area contributed by atoms with Crippen LogP contribution in [0.25, 0.3) is 21.5 Å². The summed E-state index contributed by atoms with van der Waals surface area (Å²) in [7, 11) is 0. The molecule has 0 aliphatic carbocycles. The molecule has 0 spiro atoms. The number of benzene rings is 6. The van der Waals surface area contributed by atoms with E-state index in [0.717, 1.165) is 69.1 Å². The normalized spacial score (nSPS) is 11.8. The second-order valence-corrected chi connectivity index (χ2v) is 22.8. The zero-order chi connectivity index (χ0) is 58.2. The van der Waals surface area contributed by atoms with Crippen molar-refractivity contribution in [2.75, 3.05) is 0 Å². The SMILES string of the molecule is CC(/C=C(/C)[N-]c1c(C(C)C)cccc1C(C)C)=Nc1c(C(C)C)cccc1C(C)C.CC(/C=C(/C)[N-]c1c(C(C)C)cccc1C(C)C)=Nc1c(C(C)C)cccc1C(C)C.[N-]=Cc1ccccc1.[N-]=Cc1ccccc1.[Zn+2].[Zn+2]. The molecule has 0 heterocycles. The fraction of sp³-hybridized carbons (Fsp3) is 0.389. The third-order valence-corrected chi connectivity index (χ3v) is 13.3. The van der Waals surface area contributed by atoms with Crippen LogP contribution in [0.15, 0.2) is 167 Å². The summed E-state index contributed by atoms with van der Waals surface area (Å²) >= 11 is 0. The molecule has 8 heteroatoms. The molecule has 6 rings (SSSR count). The van der Waals surface area contributed by atoms with Gasteiger partial charge in [0.05, 0.1) is 11.4 Å². The Bertz CT molecular complexity index is 2630. The maximum absolute atomic E-state index is 8.41. The quantitative estimate of drug-likeness (QED) is 0.0605. The minimum absolute atomic E-state index is 0. The van der Waals surface area contributed by atoms with E-state index in [4.69, 9.17) is 31.4 Å². The van der Waals surface area contributed by atoms with Gasteiger partial charge < -0.3 is 21.5 Å². The van der Waals surface area contributed by atoms with E-state index < -0.39 is 0 Å². The van der Waals surface area contributed by atoms with Crippen molar-refractivity contribution in [2.24, 2.45) is 9.98 Å². The molecule has 6 aromatic carbocycles.